The summed E-state index contributed by atoms with van der Waals surface area (Å²) >= 11 is 6.44. The average Bonchev–Trinajstić information content (AvgIpc) is 3.56. The average molecular weight is 652 g/mol. The molecule has 1 aromatic carbocycles. The lowest BCUT2D eigenvalue weighted by molar-refractivity contribution is -0.261. The van der Waals surface area contributed by atoms with Gasteiger partial charge in [0.25, 0.3) is 17.4 Å². The number of hydrogen-bond acceptors (Lipinski definition) is 8. The highest BCUT2D eigenvalue weighted by Crippen LogP contribution is 2.41. The van der Waals surface area contributed by atoms with E-state index in [0.29, 0.717) is 38.3 Å². The lowest BCUT2D eigenvalue weighted by Crippen LogP contribution is -2.55. The molecule has 3 heterocycles. The van der Waals surface area contributed by atoms with Crippen molar-refractivity contribution in [2.24, 2.45) is 5.92 Å². The third kappa shape index (κ3) is 7.85. The van der Waals surface area contributed by atoms with Gasteiger partial charge in [0.2, 0.25) is 0 Å². The molecular formula is C30H37ClF3N7O4. The highest BCUT2D eigenvalue weighted by atomic mass is 35.5. The van der Waals surface area contributed by atoms with Crippen LogP contribution in [0.15, 0.2) is 49.1 Å². The van der Waals surface area contributed by atoms with Crippen molar-refractivity contribution >= 4 is 29.2 Å². The van der Waals surface area contributed by atoms with Gasteiger partial charge in [-0.25, -0.2) is 9.97 Å². The molecule has 11 nitrogen and oxygen atoms in total. The van der Waals surface area contributed by atoms with Crippen LogP contribution >= 0.6 is 11.6 Å². The van der Waals surface area contributed by atoms with E-state index in [9.17, 15) is 27.9 Å². The van der Waals surface area contributed by atoms with Crippen LogP contribution in [-0.4, -0.2) is 100 Å². The zero-order chi connectivity index (χ0) is 32.8. The number of rotatable bonds is 12. The Bertz CT molecular complexity index is 1460. The number of anilines is 1. The van der Waals surface area contributed by atoms with Gasteiger partial charge in [-0.3, -0.25) is 14.3 Å². The summed E-state index contributed by atoms with van der Waals surface area (Å²) in [7, 11) is 4.22. The zero-order valence-electron chi connectivity index (χ0n) is 25.4. The summed E-state index contributed by atoms with van der Waals surface area (Å²) < 4.78 is 48.9. The van der Waals surface area contributed by atoms with Crippen molar-refractivity contribution in [1.82, 2.24) is 29.5 Å². The van der Waals surface area contributed by atoms with Crippen molar-refractivity contribution < 1.29 is 32.6 Å². The molecule has 2 aromatic heterocycles. The Balaban J connectivity index is 1.32. The van der Waals surface area contributed by atoms with Crippen LogP contribution in [0.2, 0.25) is 5.15 Å². The van der Waals surface area contributed by atoms with Gasteiger partial charge in [0.1, 0.15) is 29.4 Å². The molecule has 1 unspecified atom stereocenters. The van der Waals surface area contributed by atoms with Crippen molar-refractivity contribution in [2.45, 2.75) is 44.0 Å². The number of alkyl halides is 3. The Hall–Kier alpha value is -3.91. The molecule has 0 bridgehead atoms. The molecule has 0 spiro atoms. The fraction of sp³-hybridized carbons (Fsp3) is 0.500. The molecule has 4 rings (SSSR count). The molecule has 45 heavy (non-hydrogen) atoms. The summed E-state index contributed by atoms with van der Waals surface area (Å²) in [4.78, 5) is 38.9. The van der Waals surface area contributed by atoms with E-state index in [4.69, 9.17) is 16.3 Å². The maximum atomic E-state index is 14.1. The van der Waals surface area contributed by atoms with Crippen LogP contribution in [0.4, 0.5) is 19.0 Å². The number of aliphatic hydroxyl groups is 1. The summed E-state index contributed by atoms with van der Waals surface area (Å²) in [5.41, 5.74) is -4.02. The minimum Gasteiger partial charge on any atom is -0.497 e. The number of piperidine rings is 1. The molecular weight excluding hydrogens is 615 g/mol. The van der Waals surface area contributed by atoms with Crippen LogP contribution in [0.5, 0.6) is 5.75 Å². The molecule has 3 aromatic rings. The van der Waals surface area contributed by atoms with Crippen molar-refractivity contribution in [3.63, 3.8) is 0 Å². The summed E-state index contributed by atoms with van der Waals surface area (Å²) in [6.45, 7) is 2.30. The predicted molar refractivity (Wildman–Crippen MR) is 161 cm³/mol. The Morgan fingerprint density at radius 1 is 1.16 bits per heavy atom. The fourth-order valence-electron chi connectivity index (χ4n) is 5.43. The monoisotopic (exact) mass is 651 g/mol. The first kappa shape index (κ1) is 34.0. The van der Waals surface area contributed by atoms with E-state index in [1.54, 1.807) is 30.2 Å². The molecule has 0 saturated carbocycles. The van der Waals surface area contributed by atoms with Gasteiger partial charge in [-0.1, -0.05) is 23.7 Å². The highest BCUT2D eigenvalue weighted by molar-refractivity contribution is 6.32. The maximum absolute atomic E-state index is 14.1. The van der Waals surface area contributed by atoms with Crippen molar-refractivity contribution in [3.05, 3.63) is 65.3 Å². The van der Waals surface area contributed by atoms with Crippen LogP contribution < -0.4 is 9.64 Å². The van der Waals surface area contributed by atoms with Gasteiger partial charge in [0, 0.05) is 45.8 Å². The van der Waals surface area contributed by atoms with E-state index in [0.717, 1.165) is 36.4 Å². The van der Waals surface area contributed by atoms with Gasteiger partial charge < -0.3 is 24.5 Å². The molecule has 15 heteroatoms. The summed E-state index contributed by atoms with van der Waals surface area (Å²) in [6.07, 6.45) is 0.626. The van der Waals surface area contributed by atoms with Crippen LogP contribution in [0.25, 0.3) is 0 Å². The van der Waals surface area contributed by atoms with E-state index in [-0.39, 0.29) is 34.8 Å². The lowest BCUT2D eigenvalue weighted by Gasteiger charge is -2.35. The third-order valence-corrected chi connectivity index (χ3v) is 8.33. The largest absolute Gasteiger partial charge is 0.497 e. The van der Waals surface area contributed by atoms with Crippen molar-refractivity contribution in [3.8, 4) is 5.75 Å². The topological polar surface area (TPSA) is 117 Å². The second-order valence-electron chi connectivity index (χ2n) is 11.2. The number of hydrogen-bond donors (Lipinski definition) is 1. The molecule has 244 valence electrons. The van der Waals surface area contributed by atoms with Crippen LogP contribution in [0.1, 0.15) is 41.6 Å². The van der Waals surface area contributed by atoms with E-state index < -0.39 is 23.2 Å². The first-order valence-corrected chi connectivity index (χ1v) is 14.9. The molecule has 0 aliphatic carbocycles. The van der Waals surface area contributed by atoms with Gasteiger partial charge >= 0.3 is 6.18 Å². The van der Waals surface area contributed by atoms with E-state index in [1.165, 1.54) is 37.5 Å². The van der Waals surface area contributed by atoms with Gasteiger partial charge in [0.15, 0.2) is 0 Å². The Labute approximate surface area is 264 Å². The summed E-state index contributed by atoms with van der Waals surface area (Å²) in [5.74, 6) is -0.792. The predicted octanol–water partition coefficient (Wildman–Crippen LogP) is 4.01. The zero-order valence-corrected chi connectivity index (χ0v) is 26.1. The number of carbonyl (C=O) groups is 2. The number of pyridine rings is 1. The number of benzene rings is 1. The summed E-state index contributed by atoms with van der Waals surface area (Å²) in [6, 6.07) is 8.21. The number of aromatic nitrogens is 4. The Kier molecular flexibility index (Phi) is 10.9. The SMILES string of the molecule is COc1cccc(C(O)(C(=O)N(C)CCC[C@H]2CCCN(c3ccc(C(=O)N(C)CCn4cncn4)c(Cl)n3)C2)C(F)(F)F)c1. The highest BCUT2D eigenvalue weighted by Gasteiger charge is 2.61. The van der Waals surface area contributed by atoms with Crippen molar-refractivity contribution in [2.75, 3.05) is 52.3 Å². The molecule has 0 radical (unpaired) electrons. The smallest absolute Gasteiger partial charge is 0.430 e. The van der Waals surface area contributed by atoms with Gasteiger partial charge in [-0.2, -0.15) is 18.3 Å². The number of nitrogens with zero attached hydrogens (tertiary/aromatic N) is 7. The quantitative estimate of drug-likeness (QED) is 0.292. The van der Waals surface area contributed by atoms with Crippen LogP contribution in [0.3, 0.4) is 0 Å². The molecule has 2 atom stereocenters. The number of amides is 2. The number of ether oxygens (including phenoxy) is 1. The van der Waals surface area contributed by atoms with Crippen LogP contribution in [0, 0.1) is 5.92 Å². The van der Waals surface area contributed by atoms with Gasteiger partial charge in [-0.15, -0.1) is 0 Å². The minimum absolute atomic E-state index is 0.0308. The van der Waals surface area contributed by atoms with E-state index in [1.807, 2.05) is 0 Å². The lowest BCUT2D eigenvalue weighted by atomic mass is 9.90. The minimum atomic E-state index is -5.24. The molecule has 1 aliphatic heterocycles. The first-order chi connectivity index (χ1) is 21.3. The number of likely N-dealkylation sites (N-methyl/N-ethyl adjacent to an activating group) is 2. The van der Waals surface area contributed by atoms with Gasteiger partial charge in [-0.05, 0) is 55.9 Å². The van der Waals surface area contributed by atoms with Crippen molar-refractivity contribution in [1.29, 1.82) is 0 Å². The Morgan fingerprint density at radius 2 is 1.93 bits per heavy atom. The number of halogens is 4. The first-order valence-electron chi connectivity index (χ1n) is 14.5. The second-order valence-corrected chi connectivity index (χ2v) is 11.5. The molecule has 1 N–H and O–H groups in total. The molecule has 1 saturated heterocycles. The molecule has 2 amide bonds. The van der Waals surface area contributed by atoms with E-state index >= 15 is 0 Å². The Morgan fingerprint density at radius 3 is 2.60 bits per heavy atom. The van der Waals surface area contributed by atoms with Crippen LogP contribution in [-0.2, 0) is 16.9 Å². The molecule has 1 fully saturated rings. The number of carbonyl (C=O) groups excluding carboxylic acids is 2. The second kappa shape index (κ2) is 14.5. The normalized spacial score (nSPS) is 16.6. The van der Waals surface area contributed by atoms with E-state index in [2.05, 4.69) is 20.0 Å². The standard InChI is InChI=1S/C30H37ClF3N7O4/c1-38(15-16-41-20-35-19-36-41)27(42)24-11-12-25(37-26(24)31)40-14-6-8-21(18-40)7-5-13-39(2)28(43)29(44,30(32,33)34)22-9-4-10-23(17-22)45-3/h4,9-12,17,19-21,44H,5-8,13-16,18H2,1-3H3/t21-,29?/m0/s1. The summed E-state index contributed by atoms with van der Waals surface area (Å²) in [5, 5.41) is 14.9. The third-order valence-electron chi connectivity index (χ3n) is 8.05. The van der Waals surface area contributed by atoms with Gasteiger partial charge in [0.05, 0.1) is 19.2 Å². The number of methoxy groups -OCH3 is 1. The molecule has 1 aliphatic rings. The fourth-order valence-corrected chi connectivity index (χ4v) is 5.66. The maximum Gasteiger partial charge on any atom is 0.430 e.